The standard InChI is InChI=1S/C16H21N5S/c1-2-7-20(8-3-1)15-14-13(5-4-6-17-14)18-16(19-15)21-9-11-22-12-10-21/h4-6H,1-3,7-12H2. The van der Waals surface area contributed by atoms with E-state index in [1.54, 1.807) is 0 Å². The van der Waals surface area contributed by atoms with Crippen molar-refractivity contribution in [1.82, 2.24) is 15.0 Å². The first-order valence-electron chi connectivity index (χ1n) is 8.12. The van der Waals surface area contributed by atoms with Gasteiger partial charge in [0, 0.05) is 43.9 Å². The summed E-state index contributed by atoms with van der Waals surface area (Å²) in [6.45, 7) is 4.24. The van der Waals surface area contributed by atoms with E-state index in [0.717, 1.165) is 60.5 Å². The van der Waals surface area contributed by atoms with Crippen LogP contribution in [0.3, 0.4) is 0 Å². The Morgan fingerprint density at radius 1 is 0.909 bits per heavy atom. The number of fused-ring (bicyclic) bond motifs is 1. The summed E-state index contributed by atoms with van der Waals surface area (Å²) in [4.78, 5) is 18.9. The van der Waals surface area contributed by atoms with Gasteiger partial charge >= 0.3 is 0 Å². The third-order valence-corrected chi connectivity index (χ3v) is 5.32. The number of hydrogen-bond donors (Lipinski definition) is 0. The predicted octanol–water partition coefficient (Wildman–Crippen LogP) is 2.57. The molecule has 22 heavy (non-hydrogen) atoms. The Hall–Kier alpha value is -1.56. The molecular weight excluding hydrogens is 294 g/mol. The van der Waals surface area contributed by atoms with Crippen LogP contribution in [-0.4, -0.2) is 52.6 Å². The average molecular weight is 315 g/mol. The molecule has 0 amide bonds. The van der Waals surface area contributed by atoms with Gasteiger partial charge in [0.2, 0.25) is 5.95 Å². The summed E-state index contributed by atoms with van der Waals surface area (Å²) in [5, 5.41) is 0. The quantitative estimate of drug-likeness (QED) is 0.849. The fourth-order valence-corrected chi connectivity index (χ4v) is 4.07. The molecule has 0 unspecified atom stereocenters. The molecule has 2 aliphatic rings. The summed E-state index contributed by atoms with van der Waals surface area (Å²) >= 11 is 2.01. The number of rotatable bonds is 2. The van der Waals surface area contributed by atoms with E-state index in [4.69, 9.17) is 9.97 Å². The fourth-order valence-electron chi connectivity index (χ4n) is 3.17. The maximum absolute atomic E-state index is 4.92. The number of piperidine rings is 1. The molecule has 2 aromatic rings. The lowest BCUT2D eigenvalue weighted by molar-refractivity contribution is 0.574. The van der Waals surface area contributed by atoms with Crippen molar-refractivity contribution >= 4 is 34.6 Å². The zero-order chi connectivity index (χ0) is 14.8. The Bertz CT molecular complexity index is 650. The van der Waals surface area contributed by atoms with Gasteiger partial charge in [-0.3, -0.25) is 4.98 Å². The highest BCUT2D eigenvalue weighted by Gasteiger charge is 2.21. The summed E-state index contributed by atoms with van der Waals surface area (Å²) in [7, 11) is 0. The number of thioether (sulfide) groups is 1. The third kappa shape index (κ3) is 2.72. The van der Waals surface area contributed by atoms with Gasteiger partial charge in [-0.05, 0) is 31.4 Å². The summed E-state index contributed by atoms with van der Waals surface area (Å²) in [6, 6.07) is 4.02. The smallest absolute Gasteiger partial charge is 0.228 e. The lowest BCUT2D eigenvalue weighted by Crippen LogP contribution is -2.35. The number of aromatic nitrogens is 3. The van der Waals surface area contributed by atoms with Crippen LogP contribution in [0.1, 0.15) is 19.3 Å². The van der Waals surface area contributed by atoms with E-state index >= 15 is 0 Å². The highest BCUT2D eigenvalue weighted by molar-refractivity contribution is 7.99. The molecule has 2 fully saturated rings. The van der Waals surface area contributed by atoms with Gasteiger partial charge in [0.1, 0.15) is 5.52 Å². The second-order valence-electron chi connectivity index (χ2n) is 5.87. The van der Waals surface area contributed by atoms with Crippen LogP contribution in [-0.2, 0) is 0 Å². The molecule has 0 N–H and O–H groups in total. The summed E-state index contributed by atoms with van der Waals surface area (Å²) in [5.41, 5.74) is 1.91. The Kier molecular flexibility index (Phi) is 4.01. The van der Waals surface area contributed by atoms with Crippen molar-refractivity contribution < 1.29 is 0 Å². The number of pyridine rings is 1. The van der Waals surface area contributed by atoms with Crippen LogP contribution in [0, 0.1) is 0 Å². The van der Waals surface area contributed by atoms with E-state index in [1.165, 1.54) is 19.3 Å². The molecule has 0 bridgehead atoms. The van der Waals surface area contributed by atoms with Gasteiger partial charge in [0.15, 0.2) is 5.82 Å². The third-order valence-electron chi connectivity index (χ3n) is 4.37. The normalized spacial score (nSPS) is 19.6. The molecule has 2 aliphatic heterocycles. The van der Waals surface area contributed by atoms with E-state index in [2.05, 4.69) is 20.9 Å². The van der Waals surface area contributed by atoms with Crippen LogP contribution in [0.4, 0.5) is 11.8 Å². The van der Waals surface area contributed by atoms with Crippen LogP contribution in [0.2, 0.25) is 0 Å². The molecule has 6 heteroatoms. The first-order valence-corrected chi connectivity index (χ1v) is 9.28. The van der Waals surface area contributed by atoms with Gasteiger partial charge in [-0.1, -0.05) is 0 Å². The van der Waals surface area contributed by atoms with E-state index < -0.39 is 0 Å². The van der Waals surface area contributed by atoms with Crippen molar-refractivity contribution in [3.8, 4) is 0 Å². The molecule has 0 aromatic carbocycles. The van der Waals surface area contributed by atoms with Crippen LogP contribution in [0.25, 0.3) is 11.0 Å². The fraction of sp³-hybridized carbons (Fsp3) is 0.562. The molecule has 2 saturated heterocycles. The largest absolute Gasteiger partial charge is 0.355 e. The van der Waals surface area contributed by atoms with Crippen molar-refractivity contribution in [2.24, 2.45) is 0 Å². The first-order chi connectivity index (χ1) is 10.9. The average Bonchev–Trinajstić information content (AvgIpc) is 2.62. The topological polar surface area (TPSA) is 45.2 Å². The minimum Gasteiger partial charge on any atom is -0.355 e. The molecule has 0 atom stereocenters. The summed E-state index contributed by atoms with van der Waals surface area (Å²) in [6.07, 6.45) is 5.65. The molecule has 5 nitrogen and oxygen atoms in total. The van der Waals surface area contributed by atoms with Crippen molar-refractivity contribution in [3.05, 3.63) is 18.3 Å². The van der Waals surface area contributed by atoms with Gasteiger partial charge < -0.3 is 9.80 Å². The Balaban J connectivity index is 1.78. The Morgan fingerprint density at radius 3 is 2.55 bits per heavy atom. The van der Waals surface area contributed by atoms with Crippen LogP contribution in [0.5, 0.6) is 0 Å². The molecule has 116 valence electrons. The summed E-state index contributed by atoms with van der Waals surface area (Å²) < 4.78 is 0. The first kappa shape index (κ1) is 14.1. The molecule has 4 rings (SSSR count). The van der Waals surface area contributed by atoms with E-state index in [-0.39, 0.29) is 0 Å². The molecule has 0 saturated carbocycles. The Labute approximate surface area is 135 Å². The maximum atomic E-state index is 4.92. The zero-order valence-corrected chi connectivity index (χ0v) is 13.6. The van der Waals surface area contributed by atoms with Crippen LogP contribution in [0.15, 0.2) is 18.3 Å². The zero-order valence-electron chi connectivity index (χ0n) is 12.7. The lowest BCUT2D eigenvalue weighted by atomic mass is 10.1. The molecule has 2 aromatic heterocycles. The lowest BCUT2D eigenvalue weighted by Gasteiger charge is -2.31. The molecule has 0 radical (unpaired) electrons. The van der Waals surface area contributed by atoms with Crippen LogP contribution >= 0.6 is 11.8 Å². The number of anilines is 2. The predicted molar refractivity (Wildman–Crippen MR) is 92.9 cm³/mol. The van der Waals surface area contributed by atoms with Gasteiger partial charge in [-0.2, -0.15) is 16.7 Å². The second-order valence-corrected chi connectivity index (χ2v) is 7.09. The minimum absolute atomic E-state index is 0.876. The maximum Gasteiger partial charge on any atom is 0.228 e. The number of nitrogens with zero attached hydrogens (tertiary/aromatic N) is 5. The van der Waals surface area contributed by atoms with E-state index in [9.17, 15) is 0 Å². The SMILES string of the molecule is c1cnc2c(N3CCCCC3)nc(N3CCSCC3)nc2c1. The van der Waals surface area contributed by atoms with Crippen molar-refractivity contribution in [2.45, 2.75) is 19.3 Å². The van der Waals surface area contributed by atoms with Gasteiger partial charge in [0.05, 0.1) is 5.52 Å². The molecule has 0 spiro atoms. The van der Waals surface area contributed by atoms with E-state index in [0.29, 0.717) is 0 Å². The van der Waals surface area contributed by atoms with E-state index in [1.807, 2.05) is 24.0 Å². The van der Waals surface area contributed by atoms with Gasteiger partial charge in [-0.25, -0.2) is 4.98 Å². The molecular formula is C16H21N5S. The van der Waals surface area contributed by atoms with Crippen molar-refractivity contribution in [1.29, 1.82) is 0 Å². The molecule has 4 heterocycles. The highest BCUT2D eigenvalue weighted by atomic mass is 32.2. The Morgan fingerprint density at radius 2 is 1.73 bits per heavy atom. The van der Waals surface area contributed by atoms with Crippen molar-refractivity contribution in [3.63, 3.8) is 0 Å². The molecule has 0 aliphatic carbocycles. The highest BCUT2D eigenvalue weighted by Crippen LogP contribution is 2.28. The van der Waals surface area contributed by atoms with Gasteiger partial charge in [-0.15, -0.1) is 0 Å². The monoisotopic (exact) mass is 315 g/mol. The number of hydrogen-bond acceptors (Lipinski definition) is 6. The summed E-state index contributed by atoms with van der Waals surface area (Å²) in [5.74, 6) is 4.22. The minimum atomic E-state index is 0.876. The van der Waals surface area contributed by atoms with Crippen LogP contribution < -0.4 is 9.80 Å². The van der Waals surface area contributed by atoms with Gasteiger partial charge in [0.25, 0.3) is 0 Å². The van der Waals surface area contributed by atoms with Crippen molar-refractivity contribution in [2.75, 3.05) is 47.5 Å². The second kappa shape index (κ2) is 6.28.